The summed E-state index contributed by atoms with van der Waals surface area (Å²) in [5.74, 6) is 1.95. The first-order chi connectivity index (χ1) is 6.94. The number of nitrogens with one attached hydrogen (secondary N) is 1. The average molecular weight is 212 g/mol. The second-order valence-electron chi connectivity index (χ2n) is 6.11. The summed E-state index contributed by atoms with van der Waals surface area (Å²) < 4.78 is 0. The van der Waals surface area contributed by atoms with E-state index in [1.807, 2.05) is 0 Å². The van der Waals surface area contributed by atoms with Gasteiger partial charge in [0.25, 0.3) is 0 Å². The van der Waals surface area contributed by atoms with Gasteiger partial charge in [-0.1, -0.05) is 27.7 Å². The summed E-state index contributed by atoms with van der Waals surface area (Å²) in [4.78, 5) is 2.51. The molecule has 2 heteroatoms. The highest BCUT2D eigenvalue weighted by molar-refractivity contribution is 4.85. The van der Waals surface area contributed by atoms with Gasteiger partial charge in [0, 0.05) is 19.6 Å². The van der Waals surface area contributed by atoms with E-state index in [-0.39, 0.29) is 0 Å². The highest BCUT2D eigenvalue weighted by Gasteiger charge is 2.33. The van der Waals surface area contributed by atoms with Gasteiger partial charge in [-0.15, -0.1) is 0 Å². The first-order valence-electron chi connectivity index (χ1n) is 6.34. The topological polar surface area (TPSA) is 15.3 Å². The van der Waals surface area contributed by atoms with Gasteiger partial charge in [-0.2, -0.15) is 0 Å². The molecule has 2 nitrogen and oxygen atoms in total. The molecule has 0 bridgehead atoms. The van der Waals surface area contributed by atoms with Crippen LogP contribution in [0.25, 0.3) is 0 Å². The molecular formula is C13H28N2. The Kier molecular flexibility index (Phi) is 4.60. The summed E-state index contributed by atoms with van der Waals surface area (Å²) in [7, 11) is 2.26. The molecule has 0 amide bonds. The van der Waals surface area contributed by atoms with Crippen LogP contribution in [0.15, 0.2) is 0 Å². The third-order valence-electron chi connectivity index (χ3n) is 3.37. The molecule has 1 saturated carbocycles. The van der Waals surface area contributed by atoms with Crippen LogP contribution in [0.1, 0.15) is 34.1 Å². The Bertz CT molecular complexity index is 189. The Morgan fingerprint density at radius 1 is 1.40 bits per heavy atom. The van der Waals surface area contributed by atoms with Crippen molar-refractivity contribution in [3.8, 4) is 0 Å². The molecule has 0 aromatic rings. The monoisotopic (exact) mass is 212 g/mol. The third-order valence-corrected chi connectivity index (χ3v) is 3.37. The Labute approximate surface area is 95.4 Å². The predicted octanol–water partition coefficient (Wildman–Crippen LogP) is 2.21. The van der Waals surface area contributed by atoms with Gasteiger partial charge in [-0.25, -0.2) is 0 Å². The van der Waals surface area contributed by atoms with Crippen molar-refractivity contribution < 1.29 is 0 Å². The second kappa shape index (κ2) is 5.31. The van der Waals surface area contributed by atoms with Crippen molar-refractivity contribution in [2.75, 3.05) is 33.2 Å². The highest BCUT2D eigenvalue weighted by atomic mass is 15.1. The highest BCUT2D eigenvalue weighted by Crippen LogP contribution is 2.38. The lowest BCUT2D eigenvalue weighted by molar-refractivity contribution is 0.197. The summed E-state index contributed by atoms with van der Waals surface area (Å²) in [6, 6.07) is 0. The predicted molar refractivity (Wildman–Crippen MR) is 67.1 cm³/mol. The standard InChI is InChI=1S/C13H28N2/c1-6-14-9-13(3,4)10-15(5)8-12-7-11(12)2/h11-12,14H,6-10H2,1-5H3. The van der Waals surface area contributed by atoms with E-state index in [0.717, 1.165) is 24.9 Å². The van der Waals surface area contributed by atoms with Gasteiger partial charge in [0.15, 0.2) is 0 Å². The fraction of sp³-hybridized carbons (Fsp3) is 1.00. The summed E-state index contributed by atoms with van der Waals surface area (Å²) in [5.41, 5.74) is 0.392. The fourth-order valence-electron chi connectivity index (χ4n) is 2.37. The number of hydrogen-bond donors (Lipinski definition) is 1. The molecule has 1 N–H and O–H groups in total. The molecule has 0 aromatic carbocycles. The maximum Gasteiger partial charge on any atom is 0.00419 e. The van der Waals surface area contributed by atoms with E-state index in [9.17, 15) is 0 Å². The smallest absolute Gasteiger partial charge is 0.00419 e. The first kappa shape index (κ1) is 13.0. The maximum absolute atomic E-state index is 3.44. The maximum atomic E-state index is 3.44. The molecule has 0 saturated heterocycles. The number of nitrogens with zero attached hydrogens (tertiary/aromatic N) is 1. The van der Waals surface area contributed by atoms with E-state index >= 15 is 0 Å². The molecule has 0 aliphatic heterocycles. The van der Waals surface area contributed by atoms with Crippen molar-refractivity contribution in [1.29, 1.82) is 0 Å². The molecule has 2 unspecified atom stereocenters. The minimum Gasteiger partial charge on any atom is -0.316 e. The molecule has 15 heavy (non-hydrogen) atoms. The van der Waals surface area contributed by atoms with Gasteiger partial charge in [0.1, 0.15) is 0 Å². The van der Waals surface area contributed by atoms with E-state index in [1.54, 1.807) is 0 Å². The SMILES string of the molecule is CCNCC(C)(C)CN(C)CC1CC1C. The van der Waals surface area contributed by atoms with Crippen LogP contribution in [0.2, 0.25) is 0 Å². The zero-order valence-electron chi connectivity index (χ0n) is 11.1. The minimum atomic E-state index is 0.392. The summed E-state index contributed by atoms with van der Waals surface area (Å²) in [5, 5.41) is 3.44. The molecule has 0 aromatic heterocycles. The van der Waals surface area contributed by atoms with Crippen LogP contribution in [0, 0.1) is 17.3 Å². The number of rotatable bonds is 7. The Hall–Kier alpha value is -0.0800. The van der Waals surface area contributed by atoms with Gasteiger partial charge in [-0.3, -0.25) is 0 Å². The lowest BCUT2D eigenvalue weighted by atomic mass is 9.92. The largest absolute Gasteiger partial charge is 0.316 e. The van der Waals surface area contributed by atoms with E-state index in [0.29, 0.717) is 5.41 Å². The molecule has 1 aliphatic carbocycles. The van der Waals surface area contributed by atoms with Gasteiger partial charge in [-0.05, 0) is 37.3 Å². The van der Waals surface area contributed by atoms with Gasteiger partial charge < -0.3 is 10.2 Å². The summed E-state index contributed by atoms with van der Waals surface area (Å²) in [6.07, 6.45) is 1.44. The van der Waals surface area contributed by atoms with Gasteiger partial charge in [0.2, 0.25) is 0 Å². The third kappa shape index (κ3) is 4.98. The molecule has 0 heterocycles. The molecule has 1 aliphatic rings. The molecule has 1 fully saturated rings. The van der Waals surface area contributed by atoms with Crippen molar-refractivity contribution >= 4 is 0 Å². The van der Waals surface area contributed by atoms with Crippen LogP contribution >= 0.6 is 0 Å². The van der Waals surface area contributed by atoms with Gasteiger partial charge in [0.05, 0.1) is 0 Å². The molecule has 2 atom stereocenters. The summed E-state index contributed by atoms with van der Waals surface area (Å²) in [6.45, 7) is 13.9. The quantitative estimate of drug-likeness (QED) is 0.696. The Balaban J connectivity index is 2.19. The molecule has 0 spiro atoms. The van der Waals surface area contributed by atoms with E-state index in [4.69, 9.17) is 0 Å². The van der Waals surface area contributed by atoms with Crippen LogP contribution in [0.5, 0.6) is 0 Å². The normalized spacial score (nSPS) is 26.0. The van der Waals surface area contributed by atoms with Crippen molar-refractivity contribution in [2.24, 2.45) is 17.3 Å². The first-order valence-corrected chi connectivity index (χ1v) is 6.34. The lowest BCUT2D eigenvalue weighted by Gasteiger charge is -2.30. The second-order valence-corrected chi connectivity index (χ2v) is 6.11. The van der Waals surface area contributed by atoms with Crippen molar-refractivity contribution in [1.82, 2.24) is 10.2 Å². The van der Waals surface area contributed by atoms with E-state index in [1.165, 1.54) is 19.5 Å². The van der Waals surface area contributed by atoms with Gasteiger partial charge >= 0.3 is 0 Å². The molecule has 90 valence electrons. The van der Waals surface area contributed by atoms with Crippen LogP contribution in [-0.4, -0.2) is 38.1 Å². The Morgan fingerprint density at radius 3 is 2.47 bits per heavy atom. The number of hydrogen-bond acceptors (Lipinski definition) is 2. The minimum absolute atomic E-state index is 0.392. The molecule has 1 rings (SSSR count). The van der Waals surface area contributed by atoms with E-state index in [2.05, 4.69) is 45.0 Å². The zero-order valence-corrected chi connectivity index (χ0v) is 11.1. The molecular weight excluding hydrogens is 184 g/mol. The van der Waals surface area contributed by atoms with Crippen molar-refractivity contribution in [3.63, 3.8) is 0 Å². The zero-order chi connectivity index (χ0) is 11.5. The van der Waals surface area contributed by atoms with Crippen molar-refractivity contribution in [2.45, 2.75) is 34.1 Å². The molecule has 0 radical (unpaired) electrons. The van der Waals surface area contributed by atoms with Crippen molar-refractivity contribution in [3.05, 3.63) is 0 Å². The van der Waals surface area contributed by atoms with Crippen LogP contribution < -0.4 is 5.32 Å². The Morgan fingerprint density at radius 2 is 2.00 bits per heavy atom. The van der Waals surface area contributed by atoms with Crippen LogP contribution in [-0.2, 0) is 0 Å². The average Bonchev–Trinajstić information content (AvgIpc) is 2.77. The fourth-order valence-corrected chi connectivity index (χ4v) is 2.37. The van der Waals surface area contributed by atoms with Crippen LogP contribution in [0.3, 0.4) is 0 Å². The van der Waals surface area contributed by atoms with Crippen LogP contribution in [0.4, 0.5) is 0 Å². The lowest BCUT2D eigenvalue weighted by Crippen LogP contribution is -2.39. The summed E-state index contributed by atoms with van der Waals surface area (Å²) >= 11 is 0. The van der Waals surface area contributed by atoms with E-state index < -0.39 is 0 Å².